The van der Waals surface area contributed by atoms with E-state index < -0.39 is 0 Å². The molecule has 1 aliphatic heterocycles. The Morgan fingerprint density at radius 1 is 1.19 bits per heavy atom. The Morgan fingerprint density at radius 2 is 2.00 bits per heavy atom. The van der Waals surface area contributed by atoms with E-state index in [1.165, 1.54) is 6.20 Å². The highest BCUT2D eigenvalue weighted by Gasteiger charge is 2.11. The smallest absolute Gasteiger partial charge is 0.257 e. The molecule has 1 aliphatic rings. The van der Waals surface area contributed by atoms with Gasteiger partial charge in [-0.15, -0.1) is 0 Å². The van der Waals surface area contributed by atoms with Crippen LogP contribution in [0.2, 0.25) is 10.0 Å². The number of benzene rings is 1. The molecule has 0 atom stereocenters. The first kappa shape index (κ1) is 18.9. The van der Waals surface area contributed by atoms with Crippen molar-refractivity contribution in [3.05, 3.63) is 52.1 Å². The number of amides is 1. The van der Waals surface area contributed by atoms with Gasteiger partial charge in [-0.2, -0.15) is 0 Å². The van der Waals surface area contributed by atoms with Crippen LogP contribution in [0, 0.1) is 0 Å². The van der Waals surface area contributed by atoms with Crippen molar-refractivity contribution in [3.8, 4) is 0 Å². The Bertz CT molecular complexity index is 749. The second-order valence-electron chi connectivity index (χ2n) is 5.89. The molecule has 1 amide bonds. The van der Waals surface area contributed by atoms with Crippen LogP contribution in [0.15, 0.2) is 36.5 Å². The predicted octanol–water partition coefficient (Wildman–Crippen LogP) is 3.38. The Balaban J connectivity index is 1.51. The molecule has 1 aromatic carbocycles. The molecule has 26 heavy (non-hydrogen) atoms. The summed E-state index contributed by atoms with van der Waals surface area (Å²) in [7, 11) is 0. The van der Waals surface area contributed by atoms with E-state index in [0.717, 1.165) is 45.2 Å². The highest BCUT2D eigenvalue weighted by Crippen LogP contribution is 2.25. The number of hydrogen-bond donors (Lipinski definition) is 2. The molecular formula is C18H20Cl2N4O2. The third-order valence-electron chi connectivity index (χ3n) is 4.04. The Morgan fingerprint density at radius 3 is 2.73 bits per heavy atom. The molecule has 1 fully saturated rings. The van der Waals surface area contributed by atoms with Gasteiger partial charge in [-0.05, 0) is 30.3 Å². The van der Waals surface area contributed by atoms with Crippen LogP contribution < -0.4 is 10.6 Å². The molecule has 0 saturated carbocycles. The summed E-state index contributed by atoms with van der Waals surface area (Å²) in [4.78, 5) is 18.9. The fraction of sp³-hybridized carbons (Fsp3) is 0.333. The number of morpholine rings is 1. The van der Waals surface area contributed by atoms with Crippen molar-refractivity contribution in [2.45, 2.75) is 0 Å². The van der Waals surface area contributed by atoms with Gasteiger partial charge in [0.05, 0.1) is 29.5 Å². The van der Waals surface area contributed by atoms with Crippen LogP contribution in [0.25, 0.3) is 0 Å². The molecular weight excluding hydrogens is 375 g/mol. The minimum absolute atomic E-state index is 0.290. The molecule has 138 valence electrons. The Hall–Kier alpha value is -1.86. The lowest BCUT2D eigenvalue weighted by molar-refractivity contribution is 0.0398. The fourth-order valence-electron chi connectivity index (χ4n) is 2.59. The number of pyridine rings is 1. The largest absolute Gasteiger partial charge is 0.379 e. The predicted molar refractivity (Wildman–Crippen MR) is 104 cm³/mol. The Kier molecular flexibility index (Phi) is 6.68. The SMILES string of the molecule is O=C(Nc1cc(Cl)ccc1Cl)c1ccc(NCCN2CCOCC2)nc1. The van der Waals surface area contributed by atoms with Gasteiger partial charge < -0.3 is 15.4 Å². The zero-order valence-corrected chi connectivity index (χ0v) is 15.7. The lowest BCUT2D eigenvalue weighted by Gasteiger charge is -2.26. The van der Waals surface area contributed by atoms with Crippen LogP contribution in [0.5, 0.6) is 0 Å². The molecule has 3 rings (SSSR count). The number of carbonyl (C=O) groups excluding carboxylic acids is 1. The summed E-state index contributed by atoms with van der Waals surface area (Å²) in [6, 6.07) is 8.42. The van der Waals surface area contributed by atoms with E-state index in [-0.39, 0.29) is 5.91 Å². The van der Waals surface area contributed by atoms with Crippen LogP contribution in [-0.2, 0) is 4.74 Å². The first-order valence-corrected chi connectivity index (χ1v) is 9.14. The van der Waals surface area contributed by atoms with Crippen LogP contribution in [0.3, 0.4) is 0 Å². The van der Waals surface area contributed by atoms with Crippen molar-refractivity contribution in [2.24, 2.45) is 0 Å². The third-order valence-corrected chi connectivity index (χ3v) is 4.60. The van der Waals surface area contributed by atoms with E-state index in [1.807, 2.05) is 0 Å². The molecule has 2 heterocycles. The molecule has 1 aromatic heterocycles. The van der Waals surface area contributed by atoms with Crippen molar-refractivity contribution in [1.82, 2.24) is 9.88 Å². The number of anilines is 2. The van der Waals surface area contributed by atoms with Gasteiger partial charge in [0.25, 0.3) is 5.91 Å². The van der Waals surface area contributed by atoms with Gasteiger partial charge in [0, 0.05) is 37.4 Å². The van der Waals surface area contributed by atoms with E-state index in [1.54, 1.807) is 30.3 Å². The van der Waals surface area contributed by atoms with Crippen LogP contribution >= 0.6 is 23.2 Å². The zero-order valence-electron chi connectivity index (χ0n) is 14.2. The molecule has 1 saturated heterocycles. The molecule has 2 N–H and O–H groups in total. The van der Waals surface area contributed by atoms with Crippen molar-refractivity contribution in [1.29, 1.82) is 0 Å². The van der Waals surface area contributed by atoms with Gasteiger partial charge >= 0.3 is 0 Å². The molecule has 2 aromatic rings. The van der Waals surface area contributed by atoms with E-state index in [9.17, 15) is 4.79 Å². The molecule has 0 aliphatic carbocycles. The summed E-state index contributed by atoms with van der Waals surface area (Å²) in [5.74, 6) is 0.442. The third kappa shape index (κ3) is 5.32. The molecule has 0 unspecified atom stereocenters. The van der Waals surface area contributed by atoms with Gasteiger partial charge in [-0.3, -0.25) is 9.69 Å². The number of aromatic nitrogens is 1. The second kappa shape index (κ2) is 9.19. The Labute approximate surface area is 162 Å². The maximum Gasteiger partial charge on any atom is 0.257 e. The van der Waals surface area contributed by atoms with Crippen LogP contribution in [-0.4, -0.2) is 55.2 Å². The highest BCUT2D eigenvalue weighted by atomic mass is 35.5. The van der Waals surface area contributed by atoms with E-state index in [4.69, 9.17) is 27.9 Å². The first-order valence-electron chi connectivity index (χ1n) is 8.38. The number of ether oxygens (including phenoxy) is 1. The van der Waals surface area contributed by atoms with Gasteiger partial charge in [0.15, 0.2) is 0 Å². The van der Waals surface area contributed by atoms with E-state index in [0.29, 0.717) is 21.3 Å². The normalized spacial score (nSPS) is 14.8. The minimum Gasteiger partial charge on any atom is -0.379 e. The van der Waals surface area contributed by atoms with E-state index >= 15 is 0 Å². The lowest BCUT2D eigenvalue weighted by atomic mass is 10.2. The van der Waals surface area contributed by atoms with Gasteiger partial charge in [0.1, 0.15) is 5.82 Å². The summed E-state index contributed by atoms with van der Waals surface area (Å²) in [6.45, 7) is 5.22. The lowest BCUT2D eigenvalue weighted by Crippen LogP contribution is -2.39. The zero-order chi connectivity index (χ0) is 18.4. The summed E-state index contributed by atoms with van der Waals surface area (Å²) in [5, 5.41) is 6.93. The maximum absolute atomic E-state index is 12.3. The fourth-order valence-corrected chi connectivity index (χ4v) is 2.92. The van der Waals surface area contributed by atoms with Crippen LogP contribution in [0.4, 0.5) is 11.5 Å². The summed E-state index contributed by atoms with van der Waals surface area (Å²) >= 11 is 12.0. The van der Waals surface area contributed by atoms with Crippen molar-refractivity contribution in [2.75, 3.05) is 50.0 Å². The molecule has 8 heteroatoms. The number of rotatable bonds is 6. The highest BCUT2D eigenvalue weighted by molar-refractivity contribution is 6.35. The van der Waals surface area contributed by atoms with Gasteiger partial charge in [0.2, 0.25) is 0 Å². The minimum atomic E-state index is -0.290. The topological polar surface area (TPSA) is 66.5 Å². The number of hydrogen-bond acceptors (Lipinski definition) is 5. The number of carbonyl (C=O) groups is 1. The average molecular weight is 395 g/mol. The second-order valence-corrected chi connectivity index (χ2v) is 6.73. The quantitative estimate of drug-likeness (QED) is 0.785. The molecule has 0 bridgehead atoms. The number of halogens is 2. The number of nitrogens with zero attached hydrogens (tertiary/aromatic N) is 2. The first-order chi connectivity index (χ1) is 12.6. The van der Waals surface area contributed by atoms with E-state index in [2.05, 4.69) is 20.5 Å². The van der Waals surface area contributed by atoms with Crippen molar-refractivity contribution >= 4 is 40.6 Å². The monoisotopic (exact) mass is 394 g/mol. The summed E-state index contributed by atoms with van der Waals surface area (Å²) in [6.07, 6.45) is 1.53. The van der Waals surface area contributed by atoms with Crippen LogP contribution in [0.1, 0.15) is 10.4 Å². The summed E-state index contributed by atoms with van der Waals surface area (Å²) < 4.78 is 5.33. The molecule has 0 spiro atoms. The standard InChI is InChI=1S/C18H20Cl2N4O2/c19-14-2-3-15(20)16(11-14)23-18(25)13-1-4-17(22-12-13)21-5-6-24-7-9-26-10-8-24/h1-4,11-12H,5-10H2,(H,21,22)(H,23,25). The average Bonchev–Trinajstić information content (AvgIpc) is 2.66. The summed E-state index contributed by atoms with van der Waals surface area (Å²) in [5.41, 5.74) is 0.914. The molecule has 6 nitrogen and oxygen atoms in total. The van der Waals surface area contributed by atoms with Gasteiger partial charge in [-0.25, -0.2) is 4.98 Å². The van der Waals surface area contributed by atoms with Gasteiger partial charge in [-0.1, -0.05) is 23.2 Å². The van der Waals surface area contributed by atoms with Crippen molar-refractivity contribution in [3.63, 3.8) is 0 Å². The number of nitrogens with one attached hydrogen (secondary N) is 2. The van der Waals surface area contributed by atoms with Crippen molar-refractivity contribution < 1.29 is 9.53 Å². The maximum atomic E-state index is 12.3. The molecule has 0 radical (unpaired) electrons.